The van der Waals surface area contributed by atoms with Crippen LogP contribution in [0.3, 0.4) is 0 Å². The molecule has 1 aliphatic carbocycles. The Kier molecular flexibility index (Phi) is 4.51. The van der Waals surface area contributed by atoms with E-state index in [-0.39, 0.29) is 5.69 Å². The van der Waals surface area contributed by atoms with Crippen LogP contribution in [0.15, 0.2) is 29.2 Å². The van der Waals surface area contributed by atoms with Gasteiger partial charge in [-0.1, -0.05) is 31.9 Å². The predicted molar refractivity (Wildman–Crippen MR) is 74.7 cm³/mol. The highest BCUT2D eigenvalue weighted by Gasteiger charge is 2.47. The van der Waals surface area contributed by atoms with Crippen molar-refractivity contribution in [1.82, 2.24) is 0 Å². The minimum absolute atomic E-state index is 0.0222. The summed E-state index contributed by atoms with van der Waals surface area (Å²) < 4.78 is 61.2. The molecule has 118 valence electrons. The maximum atomic E-state index is 12.7. The summed E-state index contributed by atoms with van der Waals surface area (Å²) in [4.78, 5) is -0.705. The Balaban J connectivity index is 2.22. The van der Waals surface area contributed by atoms with Crippen LogP contribution in [0.1, 0.15) is 26.2 Å². The normalized spacial score (nSPS) is 23.2. The number of alkyl halides is 3. The molecule has 2 atom stereocenters. The van der Waals surface area contributed by atoms with Gasteiger partial charge in [0, 0.05) is 6.54 Å². The van der Waals surface area contributed by atoms with Crippen LogP contribution in [-0.2, 0) is 9.84 Å². The van der Waals surface area contributed by atoms with E-state index >= 15 is 0 Å². The zero-order valence-electron chi connectivity index (χ0n) is 11.7. The van der Waals surface area contributed by atoms with Crippen molar-refractivity contribution in [3.8, 4) is 0 Å². The Morgan fingerprint density at radius 3 is 2.48 bits per heavy atom. The van der Waals surface area contributed by atoms with Crippen molar-refractivity contribution in [2.75, 3.05) is 11.9 Å². The number of benzene rings is 1. The molecule has 0 spiro atoms. The van der Waals surface area contributed by atoms with E-state index in [1.807, 2.05) is 0 Å². The molecule has 1 saturated carbocycles. The number of sulfone groups is 1. The first kappa shape index (κ1) is 16.1. The Bertz CT molecular complexity index is 598. The number of hydrogen-bond acceptors (Lipinski definition) is 3. The van der Waals surface area contributed by atoms with Crippen LogP contribution in [-0.4, -0.2) is 20.5 Å². The van der Waals surface area contributed by atoms with Crippen molar-refractivity contribution < 1.29 is 21.6 Å². The van der Waals surface area contributed by atoms with Crippen molar-refractivity contribution in [3.05, 3.63) is 24.3 Å². The Morgan fingerprint density at radius 2 is 1.90 bits per heavy atom. The second-order valence-electron chi connectivity index (χ2n) is 5.49. The van der Waals surface area contributed by atoms with Gasteiger partial charge in [0.2, 0.25) is 0 Å². The molecule has 2 rings (SSSR count). The van der Waals surface area contributed by atoms with Gasteiger partial charge in [0.05, 0.1) is 10.6 Å². The molecule has 1 aromatic carbocycles. The molecule has 2 unspecified atom stereocenters. The minimum atomic E-state index is -5.33. The predicted octanol–water partition coefficient (Wildman–Crippen LogP) is 3.83. The molecule has 1 N–H and O–H groups in total. The van der Waals surface area contributed by atoms with Gasteiger partial charge >= 0.3 is 5.51 Å². The molecule has 1 fully saturated rings. The van der Waals surface area contributed by atoms with Crippen LogP contribution < -0.4 is 5.32 Å². The van der Waals surface area contributed by atoms with Gasteiger partial charge in [-0.25, -0.2) is 8.42 Å². The van der Waals surface area contributed by atoms with Crippen LogP contribution in [0.2, 0.25) is 0 Å². The van der Waals surface area contributed by atoms with Crippen molar-refractivity contribution in [1.29, 1.82) is 0 Å². The van der Waals surface area contributed by atoms with E-state index in [1.54, 1.807) is 0 Å². The molecule has 1 aromatic rings. The summed E-state index contributed by atoms with van der Waals surface area (Å²) in [6.45, 7) is 2.60. The summed E-state index contributed by atoms with van der Waals surface area (Å²) in [5.41, 5.74) is -5.26. The lowest BCUT2D eigenvalue weighted by Crippen LogP contribution is -2.25. The first-order valence-electron chi connectivity index (χ1n) is 6.87. The average Bonchev–Trinajstić information content (AvgIpc) is 2.81. The zero-order valence-corrected chi connectivity index (χ0v) is 12.5. The number of anilines is 1. The van der Waals surface area contributed by atoms with Crippen LogP contribution in [0.5, 0.6) is 0 Å². The molecule has 0 saturated heterocycles. The van der Waals surface area contributed by atoms with Crippen molar-refractivity contribution in [2.45, 2.75) is 36.6 Å². The van der Waals surface area contributed by atoms with Crippen molar-refractivity contribution in [2.24, 2.45) is 11.8 Å². The van der Waals surface area contributed by atoms with Crippen molar-refractivity contribution >= 4 is 15.5 Å². The Morgan fingerprint density at radius 1 is 1.24 bits per heavy atom. The number of nitrogens with one attached hydrogen (secondary N) is 1. The number of para-hydroxylation sites is 1. The highest BCUT2D eigenvalue weighted by Crippen LogP contribution is 2.35. The fourth-order valence-corrected chi connectivity index (χ4v) is 3.68. The van der Waals surface area contributed by atoms with Gasteiger partial charge in [-0.15, -0.1) is 0 Å². The van der Waals surface area contributed by atoms with E-state index < -0.39 is 20.2 Å². The molecule has 21 heavy (non-hydrogen) atoms. The smallest absolute Gasteiger partial charge is 0.384 e. The van der Waals surface area contributed by atoms with Crippen LogP contribution in [0.4, 0.5) is 18.9 Å². The molecular formula is C14H18F3NO2S. The Labute approximate surface area is 122 Å². The summed E-state index contributed by atoms with van der Waals surface area (Å²) in [6.07, 6.45) is 3.23. The largest absolute Gasteiger partial charge is 0.501 e. The number of rotatable bonds is 4. The highest BCUT2D eigenvalue weighted by molar-refractivity contribution is 7.92. The molecule has 1 aliphatic rings. The summed E-state index contributed by atoms with van der Waals surface area (Å²) in [7, 11) is -5.33. The van der Waals surface area contributed by atoms with Crippen LogP contribution >= 0.6 is 0 Å². The third-order valence-electron chi connectivity index (χ3n) is 4.08. The maximum absolute atomic E-state index is 12.7. The van der Waals surface area contributed by atoms with E-state index in [0.29, 0.717) is 18.4 Å². The molecule has 0 heterocycles. The summed E-state index contributed by atoms with van der Waals surface area (Å²) in [5, 5.41) is 2.88. The molecular weight excluding hydrogens is 303 g/mol. The standard InChI is InChI=1S/C14H18F3NO2S/c1-10-5-4-6-11(10)9-18-12-7-2-3-8-13(12)21(19,20)14(15,16)17/h2-3,7-8,10-11,18H,4-6,9H2,1H3. The fourth-order valence-electron chi connectivity index (χ4n) is 2.74. The molecule has 3 nitrogen and oxygen atoms in total. The maximum Gasteiger partial charge on any atom is 0.501 e. The van der Waals surface area contributed by atoms with Gasteiger partial charge < -0.3 is 5.32 Å². The third kappa shape index (κ3) is 3.33. The van der Waals surface area contributed by atoms with E-state index in [1.165, 1.54) is 18.2 Å². The van der Waals surface area contributed by atoms with Gasteiger partial charge in [-0.2, -0.15) is 13.2 Å². The lowest BCUT2D eigenvalue weighted by Gasteiger charge is -2.19. The monoisotopic (exact) mass is 321 g/mol. The van der Waals surface area contributed by atoms with E-state index in [4.69, 9.17) is 0 Å². The third-order valence-corrected chi connectivity index (χ3v) is 5.62. The molecule has 7 heteroatoms. The lowest BCUT2D eigenvalue weighted by atomic mass is 9.98. The molecule has 0 aliphatic heterocycles. The van der Waals surface area contributed by atoms with Crippen LogP contribution in [0, 0.1) is 11.8 Å². The Hall–Kier alpha value is -1.24. The van der Waals surface area contributed by atoms with Gasteiger partial charge in [-0.3, -0.25) is 0 Å². The number of hydrogen-bond donors (Lipinski definition) is 1. The summed E-state index contributed by atoms with van der Waals surface area (Å²) in [6, 6.07) is 5.18. The first-order valence-corrected chi connectivity index (χ1v) is 8.36. The average molecular weight is 321 g/mol. The van der Waals surface area contributed by atoms with Gasteiger partial charge in [-0.05, 0) is 30.4 Å². The fraction of sp³-hybridized carbons (Fsp3) is 0.571. The molecule has 0 radical (unpaired) electrons. The second-order valence-corrected chi connectivity index (χ2v) is 7.40. The number of halogens is 3. The zero-order chi connectivity index (χ0) is 15.7. The molecule has 0 aromatic heterocycles. The lowest BCUT2D eigenvalue weighted by molar-refractivity contribution is -0.0435. The van der Waals surface area contributed by atoms with E-state index in [2.05, 4.69) is 12.2 Å². The van der Waals surface area contributed by atoms with E-state index in [9.17, 15) is 21.6 Å². The molecule has 0 amide bonds. The van der Waals surface area contributed by atoms with Gasteiger partial charge in [0.25, 0.3) is 9.84 Å². The van der Waals surface area contributed by atoms with E-state index in [0.717, 1.165) is 25.3 Å². The SMILES string of the molecule is CC1CCCC1CNc1ccccc1S(=O)(=O)C(F)(F)F. The second kappa shape index (κ2) is 5.87. The first-order chi connectivity index (χ1) is 9.73. The van der Waals surface area contributed by atoms with Gasteiger partial charge in [0.15, 0.2) is 0 Å². The highest BCUT2D eigenvalue weighted by atomic mass is 32.2. The summed E-state index contributed by atoms with van der Waals surface area (Å²) >= 11 is 0. The topological polar surface area (TPSA) is 46.2 Å². The quantitative estimate of drug-likeness (QED) is 0.917. The molecule has 0 bridgehead atoms. The summed E-state index contributed by atoms with van der Waals surface area (Å²) in [5.74, 6) is 0.871. The minimum Gasteiger partial charge on any atom is -0.384 e. The van der Waals surface area contributed by atoms with Crippen molar-refractivity contribution in [3.63, 3.8) is 0 Å². The van der Waals surface area contributed by atoms with Gasteiger partial charge in [0.1, 0.15) is 0 Å². The van der Waals surface area contributed by atoms with Crippen LogP contribution in [0.25, 0.3) is 0 Å².